The van der Waals surface area contributed by atoms with Gasteiger partial charge in [0.1, 0.15) is 5.69 Å². The number of para-hydroxylation sites is 2. The molecule has 0 atom stereocenters. The van der Waals surface area contributed by atoms with Crippen molar-refractivity contribution < 1.29 is 0 Å². The average Bonchev–Trinajstić information content (AvgIpc) is 3.37. The Morgan fingerprint density at radius 1 is 0.897 bits per heavy atom. The fraction of sp³-hybridized carbons (Fsp3) is 0.125. The van der Waals surface area contributed by atoms with E-state index in [2.05, 4.69) is 45.5 Å². The first-order valence-corrected chi connectivity index (χ1v) is 9.50. The van der Waals surface area contributed by atoms with Crippen LogP contribution >= 0.6 is 0 Å². The molecule has 0 spiro atoms. The van der Waals surface area contributed by atoms with Crippen LogP contribution in [0.5, 0.6) is 0 Å². The van der Waals surface area contributed by atoms with Crippen LogP contribution < -0.4 is 0 Å². The van der Waals surface area contributed by atoms with Crippen LogP contribution in [0.1, 0.15) is 19.4 Å². The third-order valence-corrected chi connectivity index (χ3v) is 5.37. The van der Waals surface area contributed by atoms with Gasteiger partial charge in [-0.1, -0.05) is 36.4 Å². The van der Waals surface area contributed by atoms with Crippen LogP contribution in [0.15, 0.2) is 66.7 Å². The van der Waals surface area contributed by atoms with Crippen LogP contribution in [0.3, 0.4) is 0 Å². The van der Waals surface area contributed by atoms with Gasteiger partial charge in [0.25, 0.3) is 0 Å². The highest BCUT2D eigenvalue weighted by Gasteiger charge is 2.20. The molecule has 0 saturated heterocycles. The molecule has 0 aliphatic heterocycles. The molecule has 0 unspecified atom stereocenters. The number of nitriles is 1. The first kappa shape index (κ1) is 17.2. The minimum atomic E-state index is -0.533. The molecule has 5 rings (SSSR count). The highest BCUT2D eigenvalue weighted by Crippen LogP contribution is 2.32. The van der Waals surface area contributed by atoms with E-state index in [4.69, 9.17) is 4.98 Å². The molecule has 29 heavy (non-hydrogen) atoms. The van der Waals surface area contributed by atoms with Crippen LogP contribution in [0.25, 0.3) is 44.6 Å². The Balaban J connectivity index is 1.64. The van der Waals surface area contributed by atoms with Gasteiger partial charge in [-0.2, -0.15) is 10.4 Å². The first-order valence-electron chi connectivity index (χ1n) is 9.50. The quantitative estimate of drug-likeness (QED) is 0.431. The number of imidazole rings is 1. The highest BCUT2D eigenvalue weighted by atomic mass is 15.1. The smallest absolute Gasteiger partial charge is 0.159 e. The number of benzene rings is 3. The summed E-state index contributed by atoms with van der Waals surface area (Å²) in [5, 5.41) is 18.1. The van der Waals surface area contributed by atoms with Gasteiger partial charge in [-0.25, -0.2) is 4.98 Å². The molecule has 2 heterocycles. The summed E-state index contributed by atoms with van der Waals surface area (Å²) in [5.41, 5.74) is 6.28. The number of nitrogens with zero attached hydrogens (tertiary/aromatic N) is 3. The van der Waals surface area contributed by atoms with Crippen LogP contribution in [0, 0.1) is 11.3 Å². The minimum absolute atomic E-state index is 0.533. The molecule has 0 aliphatic carbocycles. The van der Waals surface area contributed by atoms with Crippen molar-refractivity contribution in [3.8, 4) is 28.7 Å². The molecule has 0 amide bonds. The topological polar surface area (TPSA) is 81.2 Å². The summed E-state index contributed by atoms with van der Waals surface area (Å²) in [7, 11) is 0. The van der Waals surface area contributed by atoms with E-state index in [1.165, 1.54) is 0 Å². The molecule has 0 bridgehead atoms. The summed E-state index contributed by atoms with van der Waals surface area (Å²) in [4.78, 5) is 8.05. The molecule has 5 heteroatoms. The van der Waals surface area contributed by atoms with Crippen LogP contribution in [0.2, 0.25) is 0 Å². The van der Waals surface area contributed by atoms with Gasteiger partial charge in [0.2, 0.25) is 0 Å². The SMILES string of the molecule is CC(C)(C#N)c1cccc(-c2ccc3[nH]nc(-c4nc5ccccc5[nH]4)c3c2)c1. The number of hydrogen-bond acceptors (Lipinski definition) is 3. The molecule has 5 nitrogen and oxygen atoms in total. The van der Waals surface area contributed by atoms with Crippen molar-refractivity contribution in [2.24, 2.45) is 0 Å². The number of nitrogens with one attached hydrogen (secondary N) is 2. The molecule has 0 fully saturated rings. The standard InChI is InChI=1S/C24H19N5/c1-24(2,14-25)17-7-5-6-15(12-17)16-10-11-19-18(13-16)22(29-28-19)23-26-20-8-3-4-9-21(20)27-23/h3-13H,1-2H3,(H,26,27)(H,28,29). The van der Waals surface area contributed by atoms with Gasteiger partial charge in [-0.15, -0.1) is 0 Å². The minimum Gasteiger partial charge on any atom is -0.337 e. The van der Waals surface area contributed by atoms with E-state index in [9.17, 15) is 5.26 Å². The number of rotatable bonds is 3. The second-order valence-electron chi connectivity index (χ2n) is 7.75. The zero-order valence-electron chi connectivity index (χ0n) is 16.2. The fourth-order valence-corrected chi connectivity index (χ4v) is 3.59. The van der Waals surface area contributed by atoms with Crippen molar-refractivity contribution in [2.75, 3.05) is 0 Å². The molecule has 0 aliphatic rings. The molecule has 0 saturated carbocycles. The number of aromatic amines is 2. The molecular weight excluding hydrogens is 358 g/mol. The predicted octanol–water partition coefficient (Wildman–Crippen LogP) is 5.57. The van der Waals surface area contributed by atoms with Gasteiger partial charge < -0.3 is 4.98 Å². The molecule has 5 aromatic rings. The maximum Gasteiger partial charge on any atom is 0.159 e. The molecule has 2 N–H and O–H groups in total. The van der Waals surface area contributed by atoms with E-state index in [0.29, 0.717) is 0 Å². The number of hydrogen-bond donors (Lipinski definition) is 2. The van der Waals surface area contributed by atoms with Crippen LogP contribution in [-0.2, 0) is 5.41 Å². The van der Waals surface area contributed by atoms with E-state index < -0.39 is 5.41 Å². The van der Waals surface area contributed by atoms with Crippen molar-refractivity contribution >= 4 is 21.9 Å². The number of H-pyrrole nitrogens is 2. The number of aromatic nitrogens is 4. The summed E-state index contributed by atoms with van der Waals surface area (Å²) < 4.78 is 0. The van der Waals surface area contributed by atoms with Crippen molar-refractivity contribution in [3.63, 3.8) is 0 Å². The lowest BCUT2D eigenvalue weighted by Crippen LogP contribution is -2.13. The third kappa shape index (κ3) is 2.86. The Labute approximate surface area is 168 Å². The van der Waals surface area contributed by atoms with Crippen LogP contribution in [-0.4, -0.2) is 20.2 Å². The Morgan fingerprint density at radius 2 is 1.72 bits per heavy atom. The van der Waals surface area contributed by atoms with Crippen molar-refractivity contribution in [1.29, 1.82) is 5.26 Å². The molecular formula is C24H19N5. The second-order valence-corrected chi connectivity index (χ2v) is 7.75. The zero-order chi connectivity index (χ0) is 20.0. The Kier molecular flexibility index (Phi) is 3.75. The van der Waals surface area contributed by atoms with Crippen molar-refractivity contribution in [3.05, 3.63) is 72.3 Å². The molecule has 0 radical (unpaired) electrons. The lowest BCUT2D eigenvalue weighted by Gasteiger charge is -2.16. The van der Waals surface area contributed by atoms with Crippen molar-refractivity contribution in [2.45, 2.75) is 19.3 Å². The second kappa shape index (κ2) is 6.32. The Hall–Kier alpha value is -3.91. The van der Waals surface area contributed by atoms with Gasteiger partial charge >= 0.3 is 0 Å². The van der Waals surface area contributed by atoms with Gasteiger partial charge in [-0.05, 0) is 60.9 Å². The van der Waals surface area contributed by atoms with E-state index in [1.807, 2.05) is 56.3 Å². The first-order chi connectivity index (χ1) is 14.0. The van der Waals surface area contributed by atoms with Gasteiger partial charge in [0.05, 0.1) is 28.0 Å². The maximum absolute atomic E-state index is 9.47. The summed E-state index contributed by atoms with van der Waals surface area (Å²) >= 11 is 0. The van der Waals surface area contributed by atoms with Crippen LogP contribution in [0.4, 0.5) is 0 Å². The summed E-state index contributed by atoms with van der Waals surface area (Å²) in [6.45, 7) is 3.87. The van der Waals surface area contributed by atoms with Gasteiger partial charge in [-0.3, -0.25) is 5.10 Å². The maximum atomic E-state index is 9.47. The fourth-order valence-electron chi connectivity index (χ4n) is 3.59. The lowest BCUT2D eigenvalue weighted by molar-refractivity contribution is 0.687. The van der Waals surface area contributed by atoms with E-state index >= 15 is 0 Å². The van der Waals surface area contributed by atoms with E-state index in [-0.39, 0.29) is 0 Å². The summed E-state index contributed by atoms with van der Waals surface area (Å²) in [6, 6.07) is 24.7. The molecule has 3 aromatic carbocycles. The third-order valence-electron chi connectivity index (χ3n) is 5.37. The zero-order valence-corrected chi connectivity index (χ0v) is 16.2. The number of fused-ring (bicyclic) bond motifs is 2. The normalized spacial score (nSPS) is 11.8. The summed E-state index contributed by atoms with van der Waals surface area (Å²) in [6.07, 6.45) is 0. The Bertz CT molecular complexity index is 1360. The molecule has 2 aromatic heterocycles. The average molecular weight is 377 g/mol. The van der Waals surface area contributed by atoms with Gasteiger partial charge in [0, 0.05) is 5.39 Å². The molecule has 140 valence electrons. The van der Waals surface area contributed by atoms with Crippen molar-refractivity contribution in [1.82, 2.24) is 20.2 Å². The lowest BCUT2D eigenvalue weighted by atomic mass is 9.85. The van der Waals surface area contributed by atoms with E-state index in [0.717, 1.165) is 50.1 Å². The Morgan fingerprint density at radius 3 is 2.55 bits per heavy atom. The summed E-state index contributed by atoms with van der Waals surface area (Å²) in [5.74, 6) is 0.744. The monoisotopic (exact) mass is 377 g/mol. The van der Waals surface area contributed by atoms with E-state index in [1.54, 1.807) is 0 Å². The predicted molar refractivity (Wildman–Crippen MR) is 115 cm³/mol. The highest BCUT2D eigenvalue weighted by molar-refractivity contribution is 5.95. The largest absolute Gasteiger partial charge is 0.337 e. The van der Waals surface area contributed by atoms with Gasteiger partial charge in [0.15, 0.2) is 5.82 Å².